The molecule has 106 valence electrons. The number of hydrogen-bond acceptors (Lipinski definition) is 3. The van der Waals surface area contributed by atoms with Crippen molar-refractivity contribution in [3.8, 4) is 5.75 Å². The first-order valence-electron chi connectivity index (χ1n) is 6.62. The predicted molar refractivity (Wildman–Crippen MR) is 86.1 cm³/mol. The lowest BCUT2D eigenvalue weighted by molar-refractivity contribution is 0.282. The molecule has 0 aliphatic heterocycles. The highest BCUT2D eigenvalue weighted by atomic mass is 79.9. The molecule has 2 aromatic carbocycles. The highest BCUT2D eigenvalue weighted by Crippen LogP contribution is 2.27. The van der Waals surface area contributed by atoms with Gasteiger partial charge in [0.2, 0.25) is 0 Å². The first-order chi connectivity index (χ1) is 10.3. The monoisotopic (exact) mass is 343 g/mol. The lowest BCUT2D eigenvalue weighted by Crippen LogP contribution is -1.96. The van der Waals surface area contributed by atoms with E-state index in [-0.39, 0.29) is 6.61 Å². The Morgan fingerprint density at radius 2 is 1.86 bits per heavy atom. The molecule has 0 unspecified atom stereocenters. The molecule has 0 amide bonds. The molecule has 0 saturated heterocycles. The zero-order valence-corrected chi connectivity index (χ0v) is 12.9. The number of pyridine rings is 1. The summed E-state index contributed by atoms with van der Waals surface area (Å²) in [6, 6.07) is 15.7. The Kier molecular flexibility index (Phi) is 4.18. The minimum absolute atomic E-state index is 0.00361. The molecule has 0 fully saturated rings. The van der Waals surface area contributed by atoms with Gasteiger partial charge in [0.15, 0.2) is 0 Å². The molecule has 1 heterocycles. The van der Waals surface area contributed by atoms with Crippen LogP contribution in [-0.4, -0.2) is 10.1 Å². The van der Waals surface area contributed by atoms with E-state index in [1.54, 1.807) is 6.20 Å². The van der Waals surface area contributed by atoms with Crippen molar-refractivity contribution in [2.75, 3.05) is 0 Å². The number of nitrogens with zero attached hydrogens (tertiary/aromatic N) is 1. The molecule has 0 saturated carbocycles. The minimum atomic E-state index is 0.00361. The summed E-state index contributed by atoms with van der Waals surface area (Å²) in [4.78, 5) is 4.41. The van der Waals surface area contributed by atoms with Crippen molar-refractivity contribution in [1.82, 2.24) is 4.98 Å². The quantitative estimate of drug-likeness (QED) is 0.776. The summed E-state index contributed by atoms with van der Waals surface area (Å²) >= 11 is 3.47. The van der Waals surface area contributed by atoms with Crippen LogP contribution in [0.2, 0.25) is 0 Å². The largest absolute Gasteiger partial charge is 0.487 e. The van der Waals surface area contributed by atoms with E-state index in [0.29, 0.717) is 12.4 Å². The maximum atomic E-state index is 9.27. The van der Waals surface area contributed by atoms with Gasteiger partial charge < -0.3 is 9.84 Å². The molecule has 4 heteroatoms. The van der Waals surface area contributed by atoms with Crippen LogP contribution in [-0.2, 0) is 13.2 Å². The summed E-state index contributed by atoms with van der Waals surface area (Å²) in [5, 5.41) is 10.2. The van der Waals surface area contributed by atoms with Crippen molar-refractivity contribution in [2.45, 2.75) is 13.2 Å². The third-order valence-electron chi connectivity index (χ3n) is 3.20. The second kappa shape index (κ2) is 6.24. The van der Waals surface area contributed by atoms with Gasteiger partial charge in [-0.1, -0.05) is 30.3 Å². The maximum Gasteiger partial charge on any atom is 0.138 e. The number of aliphatic hydroxyl groups is 1. The fourth-order valence-corrected chi connectivity index (χ4v) is 2.78. The average Bonchev–Trinajstić information content (AvgIpc) is 2.53. The fraction of sp³-hybridized carbons (Fsp3) is 0.118. The molecule has 3 nitrogen and oxygen atoms in total. The number of aliphatic hydroxyl groups excluding tert-OH is 1. The van der Waals surface area contributed by atoms with Crippen molar-refractivity contribution in [3.05, 3.63) is 70.3 Å². The Balaban J connectivity index is 1.86. The van der Waals surface area contributed by atoms with Crippen LogP contribution >= 0.6 is 15.9 Å². The molecule has 0 aliphatic rings. The minimum Gasteiger partial charge on any atom is -0.487 e. The van der Waals surface area contributed by atoms with E-state index < -0.39 is 0 Å². The summed E-state index contributed by atoms with van der Waals surface area (Å²) in [6.07, 6.45) is 1.72. The van der Waals surface area contributed by atoms with Crippen molar-refractivity contribution in [1.29, 1.82) is 0 Å². The Labute approximate surface area is 131 Å². The van der Waals surface area contributed by atoms with Gasteiger partial charge in [-0.25, -0.2) is 0 Å². The first-order valence-corrected chi connectivity index (χ1v) is 7.41. The third-order valence-corrected chi connectivity index (χ3v) is 3.81. The van der Waals surface area contributed by atoms with Crippen LogP contribution in [0.4, 0.5) is 0 Å². The molecule has 21 heavy (non-hydrogen) atoms. The number of benzene rings is 2. The van der Waals surface area contributed by atoms with E-state index >= 15 is 0 Å². The van der Waals surface area contributed by atoms with Crippen molar-refractivity contribution < 1.29 is 9.84 Å². The summed E-state index contributed by atoms with van der Waals surface area (Å²) in [6.45, 7) is 0.512. The molecular formula is C17H14BrNO2. The second-order valence-corrected chi connectivity index (χ2v) is 5.61. The van der Waals surface area contributed by atoms with E-state index in [1.165, 1.54) is 0 Å². The summed E-state index contributed by atoms with van der Waals surface area (Å²) in [7, 11) is 0. The van der Waals surface area contributed by atoms with Crippen LogP contribution in [0.25, 0.3) is 10.9 Å². The molecule has 0 bridgehead atoms. The molecule has 0 radical (unpaired) electrons. The van der Waals surface area contributed by atoms with Crippen LogP contribution in [0.5, 0.6) is 5.75 Å². The molecule has 1 N–H and O–H groups in total. The summed E-state index contributed by atoms with van der Waals surface area (Å²) < 4.78 is 6.65. The van der Waals surface area contributed by atoms with Crippen LogP contribution in [0.3, 0.4) is 0 Å². The Morgan fingerprint density at radius 3 is 2.62 bits per heavy atom. The van der Waals surface area contributed by atoms with E-state index in [9.17, 15) is 5.11 Å². The van der Waals surface area contributed by atoms with E-state index in [4.69, 9.17) is 4.74 Å². The van der Waals surface area contributed by atoms with Gasteiger partial charge in [-0.2, -0.15) is 0 Å². The van der Waals surface area contributed by atoms with E-state index in [2.05, 4.69) is 20.9 Å². The van der Waals surface area contributed by atoms with Crippen molar-refractivity contribution >= 4 is 26.8 Å². The van der Waals surface area contributed by atoms with Crippen molar-refractivity contribution in [2.24, 2.45) is 0 Å². The molecule has 0 spiro atoms. The van der Waals surface area contributed by atoms with Crippen LogP contribution in [0.1, 0.15) is 11.1 Å². The van der Waals surface area contributed by atoms with E-state index in [1.807, 2.05) is 48.5 Å². The van der Waals surface area contributed by atoms with Gasteiger partial charge in [-0.3, -0.25) is 4.98 Å². The highest BCUT2D eigenvalue weighted by Gasteiger charge is 2.05. The molecule has 0 aliphatic carbocycles. The first kappa shape index (κ1) is 14.0. The number of aromatic nitrogens is 1. The van der Waals surface area contributed by atoms with Gasteiger partial charge in [-0.05, 0) is 45.3 Å². The molecule has 1 aromatic heterocycles. The van der Waals surface area contributed by atoms with Gasteiger partial charge in [-0.15, -0.1) is 0 Å². The highest BCUT2D eigenvalue weighted by molar-refractivity contribution is 9.10. The number of ether oxygens (including phenoxy) is 1. The van der Waals surface area contributed by atoms with Gasteiger partial charge in [0.25, 0.3) is 0 Å². The van der Waals surface area contributed by atoms with Crippen molar-refractivity contribution in [3.63, 3.8) is 0 Å². The molecule has 3 aromatic rings. The smallest absolute Gasteiger partial charge is 0.138 e. The number of fused-ring (bicyclic) bond motifs is 1. The number of rotatable bonds is 4. The normalized spacial score (nSPS) is 10.8. The standard InChI is InChI=1S/C17H14BrNO2/c18-16-7-13(10-20)6-14-8-15(9-19-17(14)16)21-11-12-4-2-1-3-5-12/h1-9,20H,10-11H2. The SMILES string of the molecule is OCc1cc(Br)c2ncc(OCc3ccccc3)cc2c1. The predicted octanol–water partition coefficient (Wildman–Crippen LogP) is 4.07. The van der Waals surface area contributed by atoms with Crippen LogP contribution < -0.4 is 4.74 Å². The number of halogens is 1. The zero-order valence-electron chi connectivity index (χ0n) is 11.3. The maximum absolute atomic E-state index is 9.27. The molecular weight excluding hydrogens is 330 g/mol. The van der Waals surface area contributed by atoms with E-state index in [0.717, 1.165) is 26.5 Å². The topological polar surface area (TPSA) is 42.4 Å². The average molecular weight is 344 g/mol. The van der Waals surface area contributed by atoms with Crippen LogP contribution in [0.15, 0.2) is 59.2 Å². The Morgan fingerprint density at radius 1 is 1.05 bits per heavy atom. The zero-order chi connectivity index (χ0) is 14.7. The summed E-state index contributed by atoms with van der Waals surface area (Å²) in [5.41, 5.74) is 2.82. The molecule has 3 rings (SSSR count). The number of hydrogen-bond donors (Lipinski definition) is 1. The van der Waals surface area contributed by atoms with Gasteiger partial charge in [0.05, 0.1) is 18.3 Å². The van der Waals surface area contributed by atoms with Gasteiger partial charge in [0.1, 0.15) is 12.4 Å². The van der Waals surface area contributed by atoms with Gasteiger partial charge >= 0.3 is 0 Å². The van der Waals surface area contributed by atoms with Crippen LogP contribution in [0, 0.1) is 0 Å². The molecule has 0 atom stereocenters. The summed E-state index contributed by atoms with van der Waals surface area (Å²) in [5.74, 6) is 0.716. The van der Waals surface area contributed by atoms with Gasteiger partial charge in [0, 0.05) is 9.86 Å². The lowest BCUT2D eigenvalue weighted by atomic mass is 10.1. The second-order valence-electron chi connectivity index (χ2n) is 4.75. The fourth-order valence-electron chi connectivity index (χ4n) is 2.15. The third kappa shape index (κ3) is 3.23. The Bertz CT molecular complexity index is 759. The Hall–Kier alpha value is -1.91. The lowest BCUT2D eigenvalue weighted by Gasteiger charge is -2.08.